The van der Waals surface area contributed by atoms with E-state index in [1.54, 1.807) is 0 Å². The van der Waals surface area contributed by atoms with Gasteiger partial charge in [-0.3, -0.25) is 4.79 Å². The van der Waals surface area contributed by atoms with Crippen molar-refractivity contribution in [2.24, 2.45) is 0 Å². The normalized spacial score (nSPS) is 10.6. The number of hydrogen-bond donors (Lipinski definition) is 1. The lowest BCUT2D eigenvalue weighted by Gasteiger charge is -2.07. The molecular weight excluding hydrogens is 388 g/mol. The summed E-state index contributed by atoms with van der Waals surface area (Å²) in [7, 11) is 0. The van der Waals surface area contributed by atoms with Crippen LogP contribution in [-0.2, 0) is 11.2 Å². The fourth-order valence-electron chi connectivity index (χ4n) is 1.90. The second-order valence-corrected chi connectivity index (χ2v) is 6.25. The van der Waals surface area contributed by atoms with Crippen molar-refractivity contribution >= 4 is 43.5 Å². The van der Waals surface area contributed by atoms with Crippen molar-refractivity contribution in [2.45, 2.75) is 26.7 Å². The van der Waals surface area contributed by atoms with Gasteiger partial charge < -0.3 is 9.84 Å². The van der Waals surface area contributed by atoms with Gasteiger partial charge in [-0.15, -0.1) is 0 Å². The van der Waals surface area contributed by atoms with E-state index in [1.807, 2.05) is 32.0 Å². The maximum Gasteiger partial charge on any atom is 0.224 e. The number of aryl methyl sites for hydroxylation is 2. The predicted octanol–water partition coefficient (Wildman–Crippen LogP) is 4.39. The van der Waals surface area contributed by atoms with Crippen molar-refractivity contribution in [3.05, 3.63) is 44.2 Å². The first-order chi connectivity index (χ1) is 9.47. The van der Waals surface area contributed by atoms with Crippen LogP contribution in [0.25, 0.3) is 0 Å². The van der Waals surface area contributed by atoms with Crippen molar-refractivity contribution in [1.82, 2.24) is 5.16 Å². The average molecular weight is 402 g/mol. The van der Waals surface area contributed by atoms with E-state index in [0.717, 1.165) is 31.7 Å². The van der Waals surface area contributed by atoms with Gasteiger partial charge in [-0.25, -0.2) is 0 Å². The van der Waals surface area contributed by atoms with Crippen molar-refractivity contribution < 1.29 is 9.32 Å². The van der Waals surface area contributed by atoms with Gasteiger partial charge in [-0.05, 0) is 54.4 Å². The van der Waals surface area contributed by atoms with Crippen LogP contribution < -0.4 is 5.32 Å². The molecule has 0 fully saturated rings. The molecule has 20 heavy (non-hydrogen) atoms. The molecule has 2 aromatic rings. The summed E-state index contributed by atoms with van der Waals surface area (Å²) in [6.45, 7) is 3.74. The number of carbonyl (C=O) groups excluding carboxylic acids is 1. The second-order valence-electron chi connectivity index (χ2n) is 4.48. The molecule has 106 valence electrons. The number of aromatic nitrogens is 1. The lowest BCUT2D eigenvalue weighted by molar-refractivity contribution is -0.116. The van der Waals surface area contributed by atoms with E-state index >= 15 is 0 Å². The Balaban J connectivity index is 1.96. The summed E-state index contributed by atoms with van der Waals surface area (Å²) in [6.07, 6.45) is 1.02. The number of carbonyl (C=O) groups is 1. The Morgan fingerprint density at radius 3 is 2.70 bits per heavy atom. The van der Waals surface area contributed by atoms with Gasteiger partial charge in [0.05, 0.1) is 11.4 Å². The Morgan fingerprint density at radius 2 is 2.10 bits per heavy atom. The van der Waals surface area contributed by atoms with Crippen molar-refractivity contribution in [3.8, 4) is 0 Å². The summed E-state index contributed by atoms with van der Waals surface area (Å²) in [4.78, 5) is 12.0. The zero-order chi connectivity index (χ0) is 14.7. The highest BCUT2D eigenvalue weighted by molar-refractivity contribution is 9.11. The highest BCUT2D eigenvalue weighted by Gasteiger charge is 2.12. The molecule has 0 aliphatic carbocycles. The first-order valence-corrected chi connectivity index (χ1v) is 7.72. The summed E-state index contributed by atoms with van der Waals surface area (Å²) in [5.74, 6) is 0.744. The molecule has 1 aromatic heterocycles. The van der Waals surface area contributed by atoms with E-state index < -0.39 is 0 Å². The molecule has 0 aliphatic heterocycles. The zero-order valence-electron chi connectivity index (χ0n) is 11.2. The third-order valence-electron chi connectivity index (χ3n) is 2.99. The lowest BCUT2D eigenvalue weighted by atomic mass is 10.1. The minimum Gasteiger partial charge on any atom is -0.361 e. The topological polar surface area (TPSA) is 55.1 Å². The Morgan fingerprint density at radius 1 is 1.35 bits per heavy atom. The maximum atomic E-state index is 12.0. The molecule has 0 unspecified atom stereocenters. The molecule has 0 saturated heterocycles. The third-order valence-corrected chi connectivity index (χ3v) is 4.14. The van der Waals surface area contributed by atoms with Crippen LogP contribution in [0.4, 0.5) is 5.69 Å². The first kappa shape index (κ1) is 15.3. The molecule has 6 heteroatoms. The van der Waals surface area contributed by atoms with Gasteiger partial charge in [0.1, 0.15) is 5.76 Å². The lowest BCUT2D eigenvalue weighted by Crippen LogP contribution is -2.13. The van der Waals surface area contributed by atoms with E-state index in [9.17, 15) is 4.79 Å². The molecule has 1 heterocycles. The molecule has 0 atom stereocenters. The summed E-state index contributed by atoms with van der Waals surface area (Å²) < 4.78 is 6.89. The molecule has 2 rings (SSSR count). The number of nitrogens with zero attached hydrogens (tertiary/aromatic N) is 1. The van der Waals surface area contributed by atoms with Gasteiger partial charge in [-0.2, -0.15) is 0 Å². The van der Waals surface area contributed by atoms with Crippen molar-refractivity contribution in [2.75, 3.05) is 5.32 Å². The molecule has 0 spiro atoms. The number of benzene rings is 1. The number of amides is 1. The van der Waals surface area contributed by atoms with Gasteiger partial charge in [0.15, 0.2) is 0 Å². The maximum absolute atomic E-state index is 12.0. The molecule has 4 nitrogen and oxygen atoms in total. The monoisotopic (exact) mass is 400 g/mol. The number of nitrogens with one attached hydrogen (secondary N) is 1. The van der Waals surface area contributed by atoms with Crippen LogP contribution >= 0.6 is 31.9 Å². The largest absolute Gasteiger partial charge is 0.361 e. The highest BCUT2D eigenvalue weighted by Crippen LogP contribution is 2.26. The van der Waals surface area contributed by atoms with Gasteiger partial charge in [0.2, 0.25) is 5.91 Å². The SMILES string of the molecule is Cc1noc(C)c1CCC(=O)Nc1ccc(Br)cc1Br. The Bertz CT molecular complexity index is 619. The third kappa shape index (κ3) is 3.70. The standard InChI is InChI=1S/C14H14Br2N2O2/c1-8-11(9(2)20-18-8)4-6-14(19)17-13-5-3-10(15)7-12(13)16/h3,5,7H,4,6H2,1-2H3,(H,17,19). The minimum atomic E-state index is -0.0342. The highest BCUT2D eigenvalue weighted by atomic mass is 79.9. The molecule has 0 aliphatic rings. The fraction of sp³-hybridized carbons (Fsp3) is 0.286. The van der Waals surface area contributed by atoms with E-state index in [2.05, 4.69) is 42.3 Å². The van der Waals surface area contributed by atoms with Gasteiger partial charge in [0, 0.05) is 20.9 Å². The summed E-state index contributed by atoms with van der Waals surface area (Å²) in [5.41, 5.74) is 2.62. The van der Waals surface area contributed by atoms with Crippen LogP contribution in [-0.4, -0.2) is 11.1 Å². The fourth-order valence-corrected chi connectivity index (χ4v) is 3.05. The summed E-state index contributed by atoms with van der Waals surface area (Å²) in [6, 6.07) is 5.63. The molecule has 1 amide bonds. The van der Waals surface area contributed by atoms with Crippen LogP contribution in [0.15, 0.2) is 31.7 Å². The number of hydrogen-bond acceptors (Lipinski definition) is 3. The van der Waals surface area contributed by atoms with E-state index in [4.69, 9.17) is 4.52 Å². The average Bonchev–Trinajstić information content (AvgIpc) is 2.70. The molecule has 0 saturated carbocycles. The quantitative estimate of drug-likeness (QED) is 0.826. The predicted molar refractivity (Wildman–Crippen MR) is 84.8 cm³/mol. The first-order valence-electron chi connectivity index (χ1n) is 6.14. The minimum absolute atomic E-state index is 0.0342. The van der Waals surface area contributed by atoms with Gasteiger partial charge >= 0.3 is 0 Å². The van der Waals surface area contributed by atoms with Gasteiger partial charge in [-0.1, -0.05) is 21.1 Å². The Hall–Kier alpha value is -1.14. The summed E-state index contributed by atoms with van der Waals surface area (Å²) in [5, 5.41) is 6.76. The van der Waals surface area contributed by atoms with Gasteiger partial charge in [0.25, 0.3) is 0 Å². The zero-order valence-corrected chi connectivity index (χ0v) is 14.3. The van der Waals surface area contributed by atoms with Crippen molar-refractivity contribution in [3.63, 3.8) is 0 Å². The van der Waals surface area contributed by atoms with Crippen LogP contribution in [0, 0.1) is 13.8 Å². The van der Waals surface area contributed by atoms with Crippen molar-refractivity contribution in [1.29, 1.82) is 0 Å². The van der Waals surface area contributed by atoms with E-state index in [-0.39, 0.29) is 5.91 Å². The summed E-state index contributed by atoms with van der Waals surface area (Å²) >= 11 is 6.79. The number of anilines is 1. The van der Waals surface area contributed by atoms with E-state index in [0.29, 0.717) is 12.8 Å². The molecule has 0 radical (unpaired) electrons. The van der Waals surface area contributed by atoms with Crippen LogP contribution in [0.3, 0.4) is 0 Å². The molecular formula is C14H14Br2N2O2. The molecule has 1 N–H and O–H groups in total. The van der Waals surface area contributed by atoms with Crippen LogP contribution in [0.1, 0.15) is 23.4 Å². The molecule has 1 aromatic carbocycles. The Kier molecular flexibility index (Phi) is 4.99. The Labute approximate surface area is 134 Å². The molecule has 0 bridgehead atoms. The smallest absolute Gasteiger partial charge is 0.224 e. The number of halogens is 2. The number of rotatable bonds is 4. The second kappa shape index (κ2) is 6.54. The van der Waals surface area contributed by atoms with Crippen LogP contribution in [0.2, 0.25) is 0 Å². The van der Waals surface area contributed by atoms with Crippen LogP contribution in [0.5, 0.6) is 0 Å². The van der Waals surface area contributed by atoms with E-state index in [1.165, 1.54) is 0 Å².